The first-order valence-corrected chi connectivity index (χ1v) is 6.19. The highest BCUT2D eigenvalue weighted by Gasteiger charge is 2.25. The summed E-state index contributed by atoms with van der Waals surface area (Å²) in [6.07, 6.45) is 7.75. The molecule has 0 unspecified atom stereocenters. The van der Waals surface area contributed by atoms with E-state index in [1.54, 1.807) is 11.0 Å². The summed E-state index contributed by atoms with van der Waals surface area (Å²) in [4.78, 5) is 13.6. The largest absolute Gasteiger partial charge is 0.444 e. The number of hydrogen-bond acceptors (Lipinski definition) is 2. The van der Waals surface area contributed by atoms with Crippen LogP contribution < -0.4 is 0 Å². The minimum absolute atomic E-state index is 0.191. The summed E-state index contributed by atoms with van der Waals surface area (Å²) >= 11 is 0. The Kier molecular flexibility index (Phi) is 4.79. The van der Waals surface area contributed by atoms with Crippen LogP contribution in [0.15, 0.2) is 24.8 Å². The highest BCUT2D eigenvalue weighted by molar-refractivity contribution is 5.68. The van der Waals surface area contributed by atoms with E-state index in [1.807, 2.05) is 26.8 Å². The van der Waals surface area contributed by atoms with Gasteiger partial charge in [-0.15, -0.1) is 0 Å². The first-order valence-electron chi connectivity index (χ1n) is 6.19. The van der Waals surface area contributed by atoms with Gasteiger partial charge in [-0.05, 0) is 39.5 Å². The predicted molar refractivity (Wildman–Crippen MR) is 69.9 cm³/mol. The van der Waals surface area contributed by atoms with Crippen LogP contribution in [-0.4, -0.2) is 29.7 Å². The number of carbonyl (C=O) groups excluding carboxylic acids is 1. The molecule has 0 spiro atoms. The van der Waals surface area contributed by atoms with E-state index in [9.17, 15) is 4.79 Å². The third kappa shape index (κ3) is 5.07. The second-order valence-electron chi connectivity index (χ2n) is 5.43. The summed E-state index contributed by atoms with van der Waals surface area (Å²) in [5, 5.41) is 0. The molecule has 1 aliphatic rings. The summed E-state index contributed by atoms with van der Waals surface area (Å²) in [7, 11) is 0. The quantitative estimate of drug-likeness (QED) is 0.689. The molecule has 17 heavy (non-hydrogen) atoms. The van der Waals surface area contributed by atoms with Gasteiger partial charge in [0.05, 0.1) is 0 Å². The molecule has 0 aromatic rings. The maximum Gasteiger partial charge on any atom is 0.410 e. The SMILES string of the molecule is C=C/C=C/C1CCN(C(=O)OC(C)(C)C)CC1. The van der Waals surface area contributed by atoms with Gasteiger partial charge in [0, 0.05) is 13.1 Å². The van der Waals surface area contributed by atoms with Gasteiger partial charge >= 0.3 is 6.09 Å². The second-order valence-corrected chi connectivity index (χ2v) is 5.43. The lowest BCUT2D eigenvalue weighted by Gasteiger charge is -2.32. The molecule has 1 heterocycles. The van der Waals surface area contributed by atoms with Crippen molar-refractivity contribution in [2.75, 3.05) is 13.1 Å². The van der Waals surface area contributed by atoms with E-state index in [0.29, 0.717) is 5.92 Å². The standard InChI is InChI=1S/C14H23NO2/c1-5-6-7-12-8-10-15(11-9-12)13(16)17-14(2,3)4/h5-7,12H,1,8-11H2,2-4H3/b7-6+. The molecule has 0 aromatic carbocycles. The minimum Gasteiger partial charge on any atom is -0.444 e. The molecule has 96 valence electrons. The molecule has 3 heteroatoms. The molecule has 1 aliphatic heterocycles. The monoisotopic (exact) mass is 237 g/mol. The molecule has 0 N–H and O–H groups in total. The molecule has 0 radical (unpaired) electrons. The van der Waals surface area contributed by atoms with Crippen molar-refractivity contribution >= 4 is 6.09 Å². The Morgan fingerprint density at radius 2 is 1.94 bits per heavy atom. The lowest BCUT2D eigenvalue weighted by molar-refractivity contribution is 0.0197. The molecule has 1 amide bonds. The fourth-order valence-electron chi connectivity index (χ4n) is 1.84. The van der Waals surface area contributed by atoms with E-state index in [1.165, 1.54) is 0 Å². The van der Waals surface area contributed by atoms with E-state index < -0.39 is 5.60 Å². The number of carbonyl (C=O) groups is 1. The van der Waals surface area contributed by atoms with E-state index in [4.69, 9.17) is 4.74 Å². The van der Waals surface area contributed by atoms with Crippen molar-refractivity contribution in [3.8, 4) is 0 Å². The Labute approximate surface area is 104 Å². The lowest BCUT2D eigenvalue weighted by atomic mass is 9.96. The minimum atomic E-state index is -0.406. The fraction of sp³-hybridized carbons (Fsp3) is 0.643. The smallest absolute Gasteiger partial charge is 0.410 e. The molecule has 0 atom stereocenters. The van der Waals surface area contributed by atoms with Crippen LogP contribution in [0.5, 0.6) is 0 Å². The van der Waals surface area contributed by atoms with Crippen LogP contribution >= 0.6 is 0 Å². The molecular formula is C14H23NO2. The molecule has 0 saturated carbocycles. The number of ether oxygens (including phenoxy) is 1. The third-order valence-corrected chi connectivity index (χ3v) is 2.71. The molecule has 1 saturated heterocycles. The van der Waals surface area contributed by atoms with E-state index in [-0.39, 0.29) is 6.09 Å². The summed E-state index contributed by atoms with van der Waals surface area (Å²) < 4.78 is 5.35. The number of rotatable bonds is 2. The van der Waals surface area contributed by atoms with Crippen LogP contribution in [0.1, 0.15) is 33.6 Å². The highest BCUT2D eigenvalue weighted by atomic mass is 16.6. The van der Waals surface area contributed by atoms with Crippen LogP contribution in [0.25, 0.3) is 0 Å². The zero-order valence-corrected chi connectivity index (χ0v) is 11.1. The maximum absolute atomic E-state index is 11.8. The normalized spacial score (nSPS) is 18.4. The number of allylic oxidation sites excluding steroid dienone is 3. The van der Waals surface area contributed by atoms with Gasteiger partial charge in [0.2, 0.25) is 0 Å². The van der Waals surface area contributed by atoms with Gasteiger partial charge in [-0.2, -0.15) is 0 Å². The Morgan fingerprint density at radius 1 is 1.35 bits per heavy atom. The van der Waals surface area contributed by atoms with Crippen molar-refractivity contribution in [3.63, 3.8) is 0 Å². The van der Waals surface area contributed by atoms with Crippen molar-refractivity contribution in [2.24, 2.45) is 5.92 Å². The number of amides is 1. The Bertz CT molecular complexity index is 294. The van der Waals surface area contributed by atoms with Gasteiger partial charge in [0.15, 0.2) is 0 Å². The van der Waals surface area contributed by atoms with E-state index in [2.05, 4.69) is 12.7 Å². The summed E-state index contributed by atoms with van der Waals surface area (Å²) in [6.45, 7) is 10.9. The average molecular weight is 237 g/mol. The molecule has 1 rings (SSSR count). The molecule has 0 aliphatic carbocycles. The van der Waals surface area contributed by atoms with Gasteiger partial charge in [0.1, 0.15) is 5.60 Å². The van der Waals surface area contributed by atoms with Crippen molar-refractivity contribution in [1.29, 1.82) is 0 Å². The van der Waals surface area contributed by atoms with Gasteiger partial charge in [-0.3, -0.25) is 0 Å². The van der Waals surface area contributed by atoms with E-state index >= 15 is 0 Å². The molecule has 0 aromatic heterocycles. The van der Waals surface area contributed by atoms with Gasteiger partial charge in [0.25, 0.3) is 0 Å². The summed E-state index contributed by atoms with van der Waals surface area (Å²) in [5.41, 5.74) is -0.406. The number of nitrogens with zero attached hydrogens (tertiary/aromatic N) is 1. The third-order valence-electron chi connectivity index (χ3n) is 2.71. The summed E-state index contributed by atoms with van der Waals surface area (Å²) in [5.74, 6) is 0.562. The molecular weight excluding hydrogens is 214 g/mol. The average Bonchev–Trinajstić information content (AvgIpc) is 2.24. The van der Waals surface area contributed by atoms with Gasteiger partial charge in [-0.25, -0.2) is 4.79 Å². The van der Waals surface area contributed by atoms with Crippen LogP contribution in [0.2, 0.25) is 0 Å². The molecule has 0 bridgehead atoms. The summed E-state index contributed by atoms with van der Waals surface area (Å²) in [6, 6.07) is 0. The lowest BCUT2D eigenvalue weighted by Crippen LogP contribution is -2.41. The Morgan fingerprint density at radius 3 is 2.41 bits per heavy atom. The highest BCUT2D eigenvalue weighted by Crippen LogP contribution is 2.20. The fourth-order valence-corrected chi connectivity index (χ4v) is 1.84. The Hall–Kier alpha value is -1.25. The van der Waals surface area contributed by atoms with Crippen molar-refractivity contribution in [2.45, 2.75) is 39.2 Å². The van der Waals surface area contributed by atoms with Gasteiger partial charge < -0.3 is 9.64 Å². The molecule has 1 fully saturated rings. The molecule has 3 nitrogen and oxygen atoms in total. The van der Waals surface area contributed by atoms with E-state index in [0.717, 1.165) is 25.9 Å². The van der Waals surface area contributed by atoms with Crippen LogP contribution in [0.4, 0.5) is 4.79 Å². The van der Waals surface area contributed by atoms with Crippen molar-refractivity contribution in [1.82, 2.24) is 4.90 Å². The van der Waals surface area contributed by atoms with Crippen LogP contribution in [-0.2, 0) is 4.74 Å². The van der Waals surface area contributed by atoms with Crippen molar-refractivity contribution < 1.29 is 9.53 Å². The number of likely N-dealkylation sites (tertiary alicyclic amines) is 1. The first-order chi connectivity index (χ1) is 7.92. The topological polar surface area (TPSA) is 29.5 Å². The first kappa shape index (κ1) is 13.8. The zero-order valence-electron chi connectivity index (χ0n) is 11.1. The van der Waals surface area contributed by atoms with Crippen molar-refractivity contribution in [3.05, 3.63) is 24.8 Å². The van der Waals surface area contributed by atoms with Crippen LogP contribution in [0, 0.1) is 5.92 Å². The zero-order chi connectivity index (χ0) is 12.9. The maximum atomic E-state index is 11.8. The van der Waals surface area contributed by atoms with Crippen LogP contribution in [0.3, 0.4) is 0 Å². The number of hydrogen-bond donors (Lipinski definition) is 0. The van der Waals surface area contributed by atoms with Gasteiger partial charge in [-0.1, -0.05) is 24.8 Å². The number of piperidine rings is 1. The second kappa shape index (κ2) is 5.89. The Balaban J connectivity index is 2.39. The predicted octanol–water partition coefficient (Wildman–Crippen LogP) is 3.38.